The normalized spacial score (nSPS) is 15.8. The first-order valence-corrected chi connectivity index (χ1v) is 8.67. The molecule has 0 N–H and O–H groups in total. The molecule has 3 heteroatoms. The summed E-state index contributed by atoms with van der Waals surface area (Å²) in [6, 6.07) is 16.1. The van der Waals surface area contributed by atoms with Crippen molar-refractivity contribution in [2.75, 3.05) is 0 Å². The van der Waals surface area contributed by atoms with Crippen LogP contribution < -0.4 is 0 Å². The summed E-state index contributed by atoms with van der Waals surface area (Å²) in [5, 5.41) is 0. The summed E-state index contributed by atoms with van der Waals surface area (Å²) in [6.07, 6.45) is 1.77. The number of esters is 1. The Morgan fingerprint density at radius 1 is 0.840 bits per heavy atom. The summed E-state index contributed by atoms with van der Waals surface area (Å²) in [4.78, 5) is 16.5. The number of carbonyl (C=O) groups is 1. The Kier molecular flexibility index (Phi) is 4.84. The summed E-state index contributed by atoms with van der Waals surface area (Å²) >= 11 is 0. The first kappa shape index (κ1) is 17.2. The van der Waals surface area contributed by atoms with Crippen LogP contribution in [0.1, 0.15) is 61.8 Å². The van der Waals surface area contributed by atoms with Gasteiger partial charge in [-0.2, -0.15) is 0 Å². The van der Waals surface area contributed by atoms with Crippen LogP contribution in [0.2, 0.25) is 0 Å². The quantitative estimate of drug-likeness (QED) is 0.564. The fourth-order valence-electron chi connectivity index (χ4n) is 2.68. The van der Waals surface area contributed by atoms with Gasteiger partial charge in [0.2, 0.25) is 5.90 Å². The SMILES string of the molecule is CC(C)c1ccc(/C=C2\N=C(c3ccc(C(C)C)cc3)OC2=O)cc1. The summed E-state index contributed by atoms with van der Waals surface area (Å²) in [5.41, 5.74) is 4.60. The van der Waals surface area contributed by atoms with Crippen LogP contribution in [0.4, 0.5) is 0 Å². The van der Waals surface area contributed by atoms with E-state index in [1.165, 1.54) is 11.1 Å². The van der Waals surface area contributed by atoms with Crippen molar-refractivity contribution in [3.05, 3.63) is 76.5 Å². The standard InChI is InChI=1S/C22H23NO2/c1-14(2)17-7-5-16(6-8-17)13-20-22(24)25-21(23-20)19-11-9-18(10-12-19)15(3)4/h5-15H,1-4H3/b20-13-. The molecule has 0 bridgehead atoms. The van der Waals surface area contributed by atoms with Gasteiger partial charge in [-0.3, -0.25) is 0 Å². The van der Waals surface area contributed by atoms with Gasteiger partial charge in [0.15, 0.2) is 5.70 Å². The average Bonchev–Trinajstić information content (AvgIpc) is 2.96. The van der Waals surface area contributed by atoms with Crippen LogP contribution in [0.5, 0.6) is 0 Å². The van der Waals surface area contributed by atoms with Crippen molar-refractivity contribution in [1.29, 1.82) is 0 Å². The maximum Gasteiger partial charge on any atom is 0.363 e. The van der Waals surface area contributed by atoms with E-state index < -0.39 is 5.97 Å². The van der Waals surface area contributed by atoms with Crippen molar-refractivity contribution >= 4 is 17.9 Å². The summed E-state index contributed by atoms with van der Waals surface area (Å²) in [7, 11) is 0. The van der Waals surface area contributed by atoms with E-state index in [-0.39, 0.29) is 0 Å². The smallest absolute Gasteiger partial charge is 0.363 e. The molecule has 128 valence electrons. The maximum atomic E-state index is 12.1. The number of cyclic esters (lactones) is 1. The highest BCUT2D eigenvalue weighted by molar-refractivity contribution is 6.12. The molecule has 0 amide bonds. The predicted octanol–water partition coefficient (Wildman–Crippen LogP) is 5.28. The van der Waals surface area contributed by atoms with E-state index in [0.29, 0.717) is 23.4 Å². The van der Waals surface area contributed by atoms with E-state index in [0.717, 1.165) is 11.1 Å². The minimum absolute atomic E-state index is 0.334. The lowest BCUT2D eigenvalue weighted by molar-refractivity contribution is -0.129. The molecule has 3 rings (SSSR count). The van der Waals surface area contributed by atoms with Gasteiger partial charge in [-0.15, -0.1) is 0 Å². The number of hydrogen-bond acceptors (Lipinski definition) is 3. The second-order valence-corrected chi connectivity index (χ2v) is 6.93. The highest BCUT2D eigenvalue weighted by Gasteiger charge is 2.24. The minimum Gasteiger partial charge on any atom is -0.402 e. The maximum absolute atomic E-state index is 12.1. The summed E-state index contributed by atoms with van der Waals surface area (Å²) in [5.74, 6) is 0.907. The van der Waals surface area contributed by atoms with Crippen molar-refractivity contribution in [3.63, 3.8) is 0 Å². The van der Waals surface area contributed by atoms with Crippen molar-refractivity contribution in [1.82, 2.24) is 0 Å². The molecule has 1 heterocycles. The van der Waals surface area contributed by atoms with Gasteiger partial charge in [0.05, 0.1) is 0 Å². The molecule has 0 aromatic heterocycles. The molecule has 0 saturated heterocycles. The van der Waals surface area contributed by atoms with Gasteiger partial charge in [0, 0.05) is 5.56 Å². The molecule has 25 heavy (non-hydrogen) atoms. The molecular weight excluding hydrogens is 310 g/mol. The van der Waals surface area contributed by atoms with Crippen LogP contribution in [0.3, 0.4) is 0 Å². The number of rotatable bonds is 4. The number of aliphatic imine (C=N–C) groups is 1. The Morgan fingerprint density at radius 3 is 1.88 bits per heavy atom. The fraction of sp³-hybridized carbons (Fsp3) is 0.273. The molecule has 2 aromatic rings. The third-order valence-corrected chi connectivity index (χ3v) is 4.35. The Morgan fingerprint density at radius 2 is 1.36 bits per heavy atom. The van der Waals surface area contributed by atoms with Crippen LogP contribution in [0.15, 0.2) is 59.2 Å². The lowest BCUT2D eigenvalue weighted by atomic mass is 10.0. The highest BCUT2D eigenvalue weighted by Crippen LogP contribution is 2.22. The van der Waals surface area contributed by atoms with Crippen molar-refractivity contribution in [3.8, 4) is 0 Å². The molecule has 0 fully saturated rings. The molecule has 0 radical (unpaired) electrons. The molecule has 1 aliphatic rings. The Labute approximate surface area is 149 Å². The van der Waals surface area contributed by atoms with E-state index in [1.807, 2.05) is 36.4 Å². The van der Waals surface area contributed by atoms with Crippen LogP contribution in [-0.2, 0) is 9.53 Å². The molecule has 0 atom stereocenters. The van der Waals surface area contributed by atoms with Gasteiger partial charge in [-0.05, 0) is 46.7 Å². The van der Waals surface area contributed by atoms with E-state index in [2.05, 4.69) is 44.8 Å². The minimum atomic E-state index is -0.407. The number of carbonyl (C=O) groups excluding carboxylic acids is 1. The molecule has 0 saturated carbocycles. The summed E-state index contributed by atoms with van der Waals surface area (Å²) in [6.45, 7) is 8.60. The zero-order valence-electron chi connectivity index (χ0n) is 15.1. The van der Waals surface area contributed by atoms with Crippen molar-refractivity contribution in [2.24, 2.45) is 4.99 Å². The Hall–Kier alpha value is -2.68. The summed E-state index contributed by atoms with van der Waals surface area (Å²) < 4.78 is 5.34. The second-order valence-electron chi connectivity index (χ2n) is 6.93. The van der Waals surface area contributed by atoms with E-state index in [4.69, 9.17) is 4.74 Å². The van der Waals surface area contributed by atoms with Crippen LogP contribution in [0.25, 0.3) is 6.08 Å². The lowest BCUT2D eigenvalue weighted by Gasteiger charge is -2.05. The molecule has 2 aromatic carbocycles. The van der Waals surface area contributed by atoms with Gasteiger partial charge in [0.25, 0.3) is 0 Å². The Balaban J connectivity index is 1.84. The lowest BCUT2D eigenvalue weighted by Crippen LogP contribution is -2.05. The molecule has 1 aliphatic heterocycles. The van der Waals surface area contributed by atoms with E-state index in [9.17, 15) is 4.79 Å². The molecular formula is C22H23NO2. The first-order valence-electron chi connectivity index (χ1n) is 8.67. The molecule has 0 spiro atoms. The van der Waals surface area contributed by atoms with Crippen LogP contribution in [-0.4, -0.2) is 11.9 Å². The number of hydrogen-bond donors (Lipinski definition) is 0. The monoisotopic (exact) mass is 333 g/mol. The second kappa shape index (κ2) is 7.06. The fourth-order valence-corrected chi connectivity index (χ4v) is 2.68. The first-order chi connectivity index (χ1) is 11.9. The third kappa shape index (κ3) is 3.87. The van der Waals surface area contributed by atoms with E-state index >= 15 is 0 Å². The zero-order chi connectivity index (χ0) is 18.0. The molecule has 0 aliphatic carbocycles. The van der Waals surface area contributed by atoms with Crippen molar-refractivity contribution < 1.29 is 9.53 Å². The van der Waals surface area contributed by atoms with Crippen LogP contribution >= 0.6 is 0 Å². The average molecular weight is 333 g/mol. The zero-order valence-corrected chi connectivity index (χ0v) is 15.1. The molecule has 0 unspecified atom stereocenters. The van der Waals surface area contributed by atoms with Crippen LogP contribution in [0, 0.1) is 0 Å². The number of nitrogens with zero attached hydrogens (tertiary/aromatic N) is 1. The number of benzene rings is 2. The predicted molar refractivity (Wildman–Crippen MR) is 102 cm³/mol. The largest absolute Gasteiger partial charge is 0.402 e. The topological polar surface area (TPSA) is 38.7 Å². The van der Waals surface area contributed by atoms with Gasteiger partial charge in [0.1, 0.15) is 0 Å². The molecule has 3 nitrogen and oxygen atoms in total. The third-order valence-electron chi connectivity index (χ3n) is 4.35. The van der Waals surface area contributed by atoms with Gasteiger partial charge in [-0.25, -0.2) is 9.79 Å². The van der Waals surface area contributed by atoms with Gasteiger partial charge < -0.3 is 4.74 Å². The number of ether oxygens (including phenoxy) is 1. The Bertz CT molecular complexity index is 825. The van der Waals surface area contributed by atoms with E-state index in [1.54, 1.807) is 6.08 Å². The van der Waals surface area contributed by atoms with Crippen molar-refractivity contribution in [2.45, 2.75) is 39.5 Å². The van der Waals surface area contributed by atoms with Gasteiger partial charge >= 0.3 is 5.97 Å². The van der Waals surface area contributed by atoms with Gasteiger partial charge in [-0.1, -0.05) is 64.1 Å². The highest BCUT2D eigenvalue weighted by atomic mass is 16.6.